The monoisotopic (exact) mass is 237 g/mol. The first kappa shape index (κ1) is 13.3. The van der Waals surface area contributed by atoms with Gasteiger partial charge in [0.15, 0.2) is 6.10 Å². The second kappa shape index (κ2) is 4.25. The van der Waals surface area contributed by atoms with E-state index in [4.69, 9.17) is 4.74 Å². The molecule has 1 rings (SSSR count). The van der Waals surface area contributed by atoms with E-state index in [2.05, 4.69) is 5.32 Å². The summed E-state index contributed by atoms with van der Waals surface area (Å²) in [5.74, 6) is -3.74. The zero-order valence-corrected chi connectivity index (χ0v) is 9.59. The van der Waals surface area contributed by atoms with Crippen LogP contribution in [-0.4, -0.2) is 41.3 Å². The molecule has 0 saturated carbocycles. The molecular formula is C10H17F2NO3. The Morgan fingerprint density at radius 2 is 2.12 bits per heavy atom. The maximum absolute atomic E-state index is 12.8. The van der Waals surface area contributed by atoms with E-state index in [-0.39, 0.29) is 0 Å². The van der Waals surface area contributed by atoms with E-state index in [9.17, 15) is 18.7 Å². The highest BCUT2D eigenvalue weighted by atomic mass is 19.3. The Labute approximate surface area is 93.0 Å². The Bertz CT molecular complexity index is 276. The van der Waals surface area contributed by atoms with Gasteiger partial charge in [0.1, 0.15) is 5.60 Å². The van der Waals surface area contributed by atoms with Gasteiger partial charge in [-0.2, -0.15) is 0 Å². The van der Waals surface area contributed by atoms with Crippen LogP contribution in [0.5, 0.6) is 0 Å². The molecule has 0 aromatic carbocycles. The number of alkyl halides is 2. The van der Waals surface area contributed by atoms with Gasteiger partial charge in [-0.3, -0.25) is 0 Å². The number of nitrogens with one attached hydrogen (secondary N) is 1. The molecule has 0 aliphatic carbocycles. The molecule has 4 nitrogen and oxygen atoms in total. The van der Waals surface area contributed by atoms with Crippen molar-refractivity contribution in [2.45, 2.75) is 50.9 Å². The molecule has 0 radical (unpaired) electrons. The summed E-state index contributed by atoms with van der Waals surface area (Å²) in [5.41, 5.74) is -0.737. The Morgan fingerprint density at radius 1 is 1.56 bits per heavy atom. The summed E-state index contributed by atoms with van der Waals surface area (Å²) >= 11 is 0. The van der Waals surface area contributed by atoms with E-state index in [0.29, 0.717) is 0 Å². The molecule has 0 amide bonds. The quantitative estimate of drug-likeness (QED) is 0.694. The topological polar surface area (TPSA) is 58.6 Å². The zero-order chi connectivity index (χ0) is 12.6. The van der Waals surface area contributed by atoms with Gasteiger partial charge in [0.05, 0.1) is 6.54 Å². The highest BCUT2D eigenvalue weighted by molar-refractivity contribution is 5.75. The fourth-order valence-corrected chi connectivity index (χ4v) is 1.50. The number of ether oxygens (including phenoxy) is 1. The molecule has 2 N–H and O–H groups in total. The first-order valence-corrected chi connectivity index (χ1v) is 5.13. The second-order valence-corrected chi connectivity index (χ2v) is 5.03. The van der Waals surface area contributed by atoms with Gasteiger partial charge in [-0.25, -0.2) is 13.6 Å². The molecule has 94 valence electrons. The molecule has 1 saturated heterocycles. The summed E-state index contributed by atoms with van der Waals surface area (Å²) in [7, 11) is 0. The number of aliphatic hydroxyl groups is 1. The van der Waals surface area contributed by atoms with Crippen molar-refractivity contribution < 1.29 is 23.4 Å². The first-order valence-electron chi connectivity index (χ1n) is 5.13. The SMILES string of the molecule is CC(C)(C)OC(=O)C(O)C1CC(F)(F)CN1. The lowest BCUT2D eigenvalue weighted by Crippen LogP contribution is -2.43. The number of carbonyl (C=O) groups excluding carboxylic acids is 1. The van der Waals surface area contributed by atoms with Crippen molar-refractivity contribution in [3.05, 3.63) is 0 Å². The lowest BCUT2D eigenvalue weighted by molar-refractivity contribution is -0.166. The number of carbonyl (C=O) groups is 1. The molecule has 1 aliphatic heterocycles. The minimum atomic E-state index is -2.87. The van der Waals surface area contributed by atoms with Crippen LogP contribution in [0.4, 0.5) is 8.78 Å². The number of hydrogen-bond acceptors (Lipinski definition) is 4. The van der Waals surface area contributed by atoms with Gasteiger partial charge < -0.3 is 15.2 Å². The van der Waals surface area contributed by atoms with Crippen molar-refractivity contribution >= 4 is 5.97 Å². The van der Waals surface area contributed by atoms with Crippen LogP contribution >= 0.6 is 0 Å². The van der Waals surface area contributed by atoms with Crippen LogP contribution < -0.4 is 5.32 Å². The van der Waals surface area contributed by atoms with E-state index >= 15 is 0 Å². The van der Waals surface area contributed by atoms with Gasteiger partial charge in [-0.05, 0) is 20.8 Å². The fourth-order valence-electron chi connectivity index (χ4n) is 1.50. The lowest BCUT2D eigenvalue weighted by Gasteiger charge is -2.24. The van der Waals surface area contributed by atoms with Crippen LogP contribution in [0.2, 0.25) is 0 Å². The zero-order valence-electron chi connectivity index (χ0n) is 9.59. The van der Waals surface area contributed by atoms with E-state index in [0.717, 1.165) is 0 Å². The van der Waals surface area contributed by atoms with Crippen LogP contribution in [0.1, 0.15) is 27.2 Å². The third kappa shape index (κ3) is 3.68. The summed E-state index contributed by atoms with van der Waals surface area (Å²) in [6, 6.07) is -0.940. The van der Waals surface area contributed by atoms with E-state index in [1.165, 1.54) is 0 Å². The lowest BCUT2D eigenvalue weighted by atomic mass is 10.1. The maximum atomic E-state index is 12.8. The van der Waals surface area contributed by atoms with Crippen LogP contribution in [0, 0.1) is 0 Å². The van der Waals surface area contributed by atoms with Crippen LogP contribution in [0.3, 0.4) is 0 Å². The van der Waals surface area contributed by atoms with Gasteiger partial charge in [-0.15, -0.1) is 0 Å². The molecule has 0 aromatic rings. The van der Waals surface area contributed by atoms with E-state index < -0.39 is 42.6 Å². The summed E-state index contributed by atoms with van der Waals surface area (Å²) in [6.07, 6.45) is -2.10. The molecule has 0 spiro atoms. The normalized spacial score (nSPS) is 26.5. The first-order chi connectivity index (χ1) is 7.11. The average Bonchev–Trinajstić information content (AvgIpc) is 2.41. The largest absolute Gasteiger partial charge is 0.458 e. The standard InChI is InChI=1S/C10H17F2NO3/c1-9(2,3)16-8(15)7(14)6-4-10(11,12)5-13-6/h6-7,13-14H,4-5H2,1-3H3. The van der Waals surface area contributed by atoms with Gasteiger partial charge in [0, 0.05) is 12.5 Å². The number of hydrogen-bond donors (Lipinski definition) is 2. The van der Waals surface area contributed by atoms with Crippen molar-refractivity contribution in [2.75, 3.05) is 6.54 Å². The Balaban J connectivity index is 2.52. The Hall–Kier alpha value is -0.750. The summed E-state index contributed by atoms with van der Waals surface area (Å²) in [5, 5.41) is 12.0. The third-order valence-electron chi connectivity index (χ3n) is 2.17. The van der Waals surface area contributed by atoms with E-state index in [1.807, 2.05) is 0 Å². The summed E-state index contributed by atoms with van der Waals surface area (Å²) in [6.45, 7) is 4.43. The number of esters is 1. The number of rotatable bonds is 2. The molecular weight excluding hydrogens is 220 g/mol. The number of aliphatic hydroxyl groups excluding tert-OH is 1. The minimum Gasteiger partial charge on any atom is -0.458 e. The van der Waals surface area contributed by atoms with Crippen LogP contribution in [-0.2, 0) is 9.53 Å². The van der Waals surface area contributed by atoms with Gasteiger partial charge in [-0.1, -0.05) is 0 Å². The summed E-state index contributed by atoms with van der Waals surface area (Å²) < 4.78 is 30.6. The van der Waals surface area contributed by atoms with Crippen molar-refractivity contribution in [3.8, 4) is 0 Å². The Morgan fingerprint density at radius 3 is 2.50 bits per heavy atom. The molecule has 0 bridgehead atoms. The molecule has 1 heterocycles. The minimum absolute atomic E-state index is 0.516. The molecule has 16 heavy (non-hydrogen) atoms. The molecule has 6 heteroatoms. The smallest absolute Gasteiger partial charge is 0.337 e. The van der Waals surface area contributed by atoms with Crippen LogP contribution in [0.25, 0.3) is 0 Å². The van der Waals surface area contributed by atoms with Crippen LogP contribution in [0.15, 0.2) is 0 Å². The average molecular weight is 237 g/mol. The highest BCUT2D eigenvalue weighted by Crippen LogP contribution is 2.27. The maximum Gasteiger partial charge on any atom is 0.337 e. The number of halogens is 2. The second-order valence-electron chi connectivity index (χ2n) is 5.03. The molecule has 2 unspecified atom stereocenters. The third-order valence-corrected chi connectivity index (χ3v) is 2.17. The van der Waals surface area contributed by atoms with Crippen molar-refractivity contribution in [1.29, 1.82) is 0 Å². The van der Waals surface area contributed by atoms with Crippen molar-refractivity contribution in [2.24, 2.45) is 0 Å². The summed E-state index contributed by atoms with van der Waals surface area (Å²) in [4.78, 5) is 11.4. The molecule has 1 fully saturated rings. The molecule has 0 aromatic heterocycles. The van der Waals surface area contributed by atoms with Gasteiger partial charge in [0.25, 0.3) is 5.92 Å². The van der Waals surface area contributed by atoms with Crippen molar-refractivity contribution in [1.82, 2.24) is 5.32 Å². The van der Waals surface area contributed by atoms with E-state index in [1.54, 1.807) is 20.8 Å². The highest BCUT2D eigenvalue weighted by Gasteiger charge is 2.44. The van der Waals surface area contributed by atoms with Crippen molar-refractivity contribution in [3.63, 3.8) is 0 Å². The van der Waals surface area contributed by atoms with Gasteiger partial charge in [0.2, 0.25) is 0 Å². The molecule has 2 atom stereocenters. The fraction of sp³-hybridized carbons (Fsp3) is 0.900. The molecule has 1 aliphatic rings. The Kier molecular flexibility index (Phi) is 3.54. The van der Waals surface area contributed by atoms with Gasteiger partial charge >= 0.3 is 5.97 Å². The predicted molar refractivity (Wildman–Crippen MR) is 53.2 cm³/mol. The predicted octanol–water partition coefficient (Wildman–Crippen LogP) is 0.686.